The number of rotatable bonds is 7. The lowest BCUT2D eigenvalue weighted by Gasteiger charge is -2.14. The Balaban J connectivity index is 2.09. The van der Waals surface area contributed by atoms with Crippen molar-refractivity contribution in [3.05, 3.63) is 30.2 Å². The van der Waals surface area contributed by atoms with E-state index in [1.165, 1.54) is 31.1 Å². The molecule has 3 rings (SSSR count). The summed E-state index contributed by atoms with van der Waals surface area (Å²) in [5.74, 6) is 0.891. The molecule has 0 atom stereocenters. The van der Waals surface area contributed by atoms with Crippen LogP contribution in [0.4, 0.5) is 5.95 Å². The fraction of sp³-hybridized carbons (Fsp3) is 0.333. The standard InChI is InChI=1S/C15H18N6O4/c1-20(24-3)14(22)10-9-17-15(16-6-8-23-2)21-13(10)18-12(19-21)11-5-4-7-25-11/h4-5,7,9H,6,8H2,1-3H3,(H,16,17). The number of furan rings is 1. The minimum atomic E-state index is -0.387. The van der Waals surface area contributed by atoms with Gasteiger partial charge < -0.3 is 14.5 Å². The Kier molecular flexibility index (Phi) is 4.91. The lowest BCUT2D eigenvalue weighted by atomic mass is 10.3. The van der Waals surface area contributed by atoms with Gasteiger partial charge in [-0.1, -0.05) is 0 Å². The van der Waals surface area contributed by atoms with Gasteiger partial charge in [-0.3, -0.25) is 9.63 Å². The monoisotopic (exact) mass is 346 g/mol. The second kappa shape index (κ2) is 7.28. The van der Waals surface area contributed by atoms with Crippen LogP contribution in [-0.4, -0.2) is 65.0 Å². The number of ether oxygens (including phenoxy) is 1. The Hall–Kier alpha value is -2.98. The summed E-state index contributed by atoms with van der Waals surface area (Å²) >= 11 is 0. The smallest absolute Gasteiger partial charge is 0.282 e. The zero-order valence-electron chi connectivity index (χ0n) is 14.1. The first-order valence-corrected chi connectivity index (χ1v) is 7.50. The van der Waals surface area contributed by atoms with Crippen LogP contribution in [0, 0.1) is 0 Å². The van der Waals surface area contributed by atoms with Gasteiger partial charge in [0.05, 0.1) is 20.0 Å². The van der Waals surface area contributed by atoms with Crippen molar-refractivity contribution in [1.82, 2.24) is 24.6 Å². The molecule has 25 heavy (non-hydrogen) atoms. The van der Waals surface area contributed by atoms with E-state index in [9.17, 15) is 4.79 Å². The summed E-state index contributed by atoms with van der Waals surface area (Å²) in [5, 5.41) is 8.58. The first-order chi connectivity index (χ1) is 12.2. The van der Waals surface area contributed by atoms with Gasteiger partial charge in [-0.15, -0.1) is 5.10 Å². The van der Waals surface area contributed by atoms with E-state index in [1.54, 1.807) is 19.2 Å². The van der Waals surface area contributed by atoms with Crippen molar-refractivity contribution in [3.8, 4) is 11.6 Å². The second-order valence-corrected chi connectivity index (χ2v) is 5.05. The van der Waals surface area contributed by atoms with E-state index in [0.29, 0.717) is 36.3 Å². The zero-order chi connectivity index (χ0) is 17.8. The molecule has 0 saturated heterocycles. The molecule has 0 aliphatic carbocycles. The summed E-state index contributed by atoms with van der Waals surface area (Å²) < 4.78 is 11.8. The zero-order valence-corrected chi connectivity index (χ0v) is 14.1. The first kappa shape index (κ1) is 16.9. The summed E-state index contributed by atoms with van der Waals surface area (Å²) in [4.78, 5) is 26.1. The second-order valence-electron chi connectivity index (χ2n) is 5.05. The number of aromatic nitrogens is 4. The normalized spacial score (nSPS) is 11.0. The molecule has 0 radical (unpaired) electrons. The van der Waals surface area contributed by atoms with Gasteiger partial charge in [0.2, 0.25) is 11.8 Å². The Morgan fingerprint density at radius 2 is 2.28 bits per heavy atom. The highest BCUT2D eigenvalue weighted by molar-refractivity contribution is 5.99. The molecule has 0 fully saturated rings. The summed E-state index contributed by atoms with van der Waals surface area (Å²) in [5.41, 5.74) is 0.599. The maximum Gasteiger partial charge on any atom is 0.282 e. The number of nitrogens with zero attached hydrogens (tertiary/aromatic N) is 5. The van der Waals surface area contributed by atoms with Crippen LogP contribution in [0.1, 0.15) is 10.4 Å². The predicted molar refractivity (Wildman–Crippen MR) is 88.0 cm³/mol. The molecule has 0 unspecified atom stereocenters. The van der Waals surface area contributed by atoms with Crippen LogP contribution in [-0.2, 0) is 9.57 Å². The molecule has 10 nitrogen and oxygen atoms in total. The van der Waals surface area contributed by atoms with Gasteiger partial charge in [-0.25, -0.2) is 15.0 Å². The van der Waals surface area contributed by atoms with Crippen molar-refractivity contribution < 1.29 is 18.8 Å². The summed E-state index contributed by atoms with van der Waals surface area (Å²) in [6, 6.07) is 3.48. The molecule has 1 amide bonds. The van der Waals surface area contributed by atoms with Crippen molar-refractivity contribution in [2.24, 2.45) is 0 Å². The van der Waals surface area contributed by atoms with Crippen LogP contribution >= 0.6 is 0 Å². The summed E-state index contributed by atoms with van der Waals surface area (Å²) in [6.07, 6.45) is 2.96. The minimum absolute atomic E-state index is 0.256. The average Bonchev–Trinajstić information content (AvgIpc) is 3.30. The third-order valence-corrected chi connectivity index (χ3v) is 3.49. The topological polar surface area (TPSA) is 107 Å². The highest BCUT2D eigenvalue weighted by Crippen LogP contribution is 2.21. The molecular weight excluding hydrogens is 328 g/mol. The third kappa shape index (κ3) is 3.30. The molecule has 0 aliphatic rings. The van der Waals surface area contributed by atoms with Crippen molar-refractivity contribution >= 4 is 17.5 Å². The van der Waals surface area contributed by atoms with Gasteiger partial charge in [0.15, 0.2) is 11.4 Å². The Bertz CT molecular complexity index is 860. The molecular formula is C15H18N6O4. The SMILES string of the molecule is COCCNc1ncc(C(=O)N(C)OC)c2nc(-c3ccco3)nn12. The van der Waals surface area contributed by atoms with Crippen LogP contribution < -0.4 is 5.32 Å². The number of anilines is 1. The Labute approximate surface area is 143 Å². The molecule has 0 saturated carbocycles. The van der Waals surface area contributed by atoms with E-state index < -0.39 is 0 Å². The number of fused-ring (bicyclic) bond motifs is 1. The third-order valence-electron chi connectivity index (χ3n) is 3.49. The fourth-order valence-electron chi connectivity index (χ4n) is 2.17. The van der Waals surface area contributed by atoms with Crippen LogP contribution in [0.5, 0.6) is 0 Å². The molecule has 0 aliphatic heterocycles. The number of hydroxylamine groups is 2. The maximum atomic E-state index is 12.5. The van der Waals surface area contributed by atoms with Gasteiger partial charge in [0.25, 0.3) is 5.91 Å². The molecule has 0 spiro atoms. The van der Waals surface area contributed by atoms with Gasteiger partial charge >= 0.3 is 0 Å². The number of hydrogen-bond donors (Lipinski definition) is 1. The molecule has 132 valence electrons. The molecule has 3 heterocycles. The van der Waals surface area contributed by atoms with Crippen molar-refractivity contribution in [2.75, 3.05) is 39.7 Å². The molecule has 1 N–H and O–H groups in total. The van der Waals surface area contributed by atoms with E-state index in [4.69, 9.17) is 14.0 Å². The quantitative estimate of drug-likeness (QED) is 0.500. The van der Waals surface area contributed by atoms with E-state index >= 15 is 0 Å². The number of carbonyl (C=O) groups excluding carboxylic acids is 1. The van der Waals surface area contributed by atoms with E-state index in [-0.39, 0.29) is 11.5 Å². The van der Waals surface area contributed by atoms with Gasteiger partial charge in [-0.2, -0.15) is 4.52 Å². The van der Waals surface area contributed by atoms with Crippen molar-refractivity contribution in [2.45, 2.75) is 0 Å². The van der Waals surface area contributed by atoms with Crippen LogP contribution in [0.25, 0.3) is 17.2 Å². The number of amides is 1. The van der Waals surface area contributed by atoms with E-state index in [0.717, 1.165) is 5.06 Å². The number of carbonyl (C=O) groups is 1. The Morgan fingerprint density at radius 3 is 2.96 bits per heavy atom. The largest absolute Gasteiger partial charge is 0.461 e. The highest BCUT2D eigenvalue weighted by Gasteiger charge is 2.22. The lowest BCUT2D eigenvalue weighted by Crippen LogP contribution is -2.26. The van der Waals surface area contributed by atoms with E-state index in [2.05, 4.69) is 20.4 Å². The number of nitrogens with one attached hydrogen (secondary N) is 1. The molecule has 0 aromatic carbocycles. The van der Waals surface area contributed by atoms with Crippen LogP contribution in [0.2, 0.25) is 0 Å². The number of methoxy groups -OCH3 is 1. The highest BCUT2D eigenvalue weighted by atomic mass is 16.7. The van der Waals surface area contributed by atoms with Gasteiger partial charge in [0, 0.05) is 26.9 Å². The molecule has 0 bridgehead atoms. The molecule has 3 aromatic rings. The molecule has 10 heteroatoms. The Morgan fingerprint density at radius 1 is 1.44 bits per heavy atom. The van der Waals surface area contributed by atoms with Gasteiger partial charge in [0.1, 0.15) is 5.56 Å². The van der Waals surface area contributed by atoms with Crippen molar-refractivity contribution in [1.29, 1.82) is 0 Å². The van der Waals surface area contributed by atoms with Crippen molar-refractivity contribution in [3.63, 3.8) is 0 Å². The maximum absolute atomic E-state index is 12.5. The summed E-state index contributed by atoms with van der Waals surface area (Å²) in [7, 11) is 4.52. The molecule has 3 aromatic heterocycles. The average molecular weight is 346 g/mol. The van der Waals surface area contributed by atoms with Crippen LogP contribution in [0.15, 0.2) is 29.0 Å². The van der Waals surface area contributed by atoms with Gasteiger partial charge in [-0.05, 0) is 12.1 Å². The first-order valence-electron chi connectivity index (χ1n) is 7.50. The lowest BCUT2D eigenvalue weighted by molar-refractivity contribution is -0.0756. The van der Waals surface area contributed by atoms with Crippen LogP contribution in [0.3, 0.4) is 0 Å². The predicted octanol–water partition coefficient (Wildman–Crippen LogP) is 1.08. The summed E-state index contributed by atoms with van der Waals surface area (Å²) in [6.45, 7) is 1.02. The fourth-order valence-corrected chi connectivity index (χ4v) is 2.17. The van der Waals surface area contributed by atoms with E-state index in [1.807, 2.05) is 0 Å². The minimum Gasteiger partial charge on any atom is -0.461 e. The number of hydrogen-bond acceptors (Lipinski definition) is 8.